The average molecular weight is 372 g/mol. The van der Waals surface area contributed by atoms with Gasteiger partial charge >= 0.3 is 0 Å². The summed E-state index contributed by atoms with van der Waals surface area (Å²) >= 11 is 0. The van der Waals surface area contributed by atoms with Crippen LogP contribution in [0.15, 0.2) is 53.4 Å². The third kappa shape index (κ3) is 4.93. The second kappa shape index (κ2) is 8.01. The van der Waals surface area contributed by atoms with Crippen molar-refractivity contribution in [3.8, 4) is 0 Å². The number of sulfonamides is 1. The van der Waals surface area contributed by atoms with E-state index in [9.17, 15) is 13.2 Å². The standard InChI is InChI=1S/C20H24N2O3S/c1-2-3-4-15-5-9-17(10-6-15)21-20(23)16-7-13-19(14-8-16)26(24,25)22-18-11-12-18/h5-10,13-14,18,22H,2-4,11-12H2,1H3,(H,21,23). The van der Waals surface area contributed by atoms with Crippen molar-refractivity contribution < 1.29 is 13.2 Å². The Morgan fingerprint density at radius 3 is 2.27 bits per heavy atom. The first-order valence-corrected chi connectivity index (χ1v) is 10.5. The summed E-state index contributed by atoms with van der Waals surface area (Å²) in [5.74, 6) is -0.259. The van der Waals surface area contributed by atoms with E-state index >= 15 is 0 Å². The summed E-state index contributed by atoms with van der Waals surface area (Å²) in [6, 6.07) is 13.9. The quantitative estimate of drug-likeness (QED) is 0.741. The molecule has 1 aliphatic carbocycles. The van der Waals surface area contributed by atoms with E-state index < -0.39 is 10.0 Å². The molecule has 5 nitrogen and oxygen atoms in total. The predicted octanol–water partition coefficient (Wildman–Crippen LogP) is 3.72. The lowest BCUT2D eigenvalue weighted by molar-refractivity contribution is 0.102. The number of benzene rings is 2. The van der Waals surface area contributed by atoms with Gasteiger partial charge in [-0.1, -0.05) is 25.5 Å². The molecule has 26 heavy (non-hydrogen) atoms. The zero-order valence-electron chi connectivity index (χ0n) is 14.9. The van der Waals surface area contributed by atoms with Crippen molar-refractivity contribution in [2.24, 2.45) is 0 Å². The number of anilines is 1. The molecule has 138 valence electrons. The van der Waals surface area contributed by atoms with Gasteiger partial charge in [0.1, 0.15) is 0 Å². The SMILES string of the molecule is CCCCc1ccc(NC(=O)c2ccc(S(=O)(=O)NC3CC3)cc2)cc1. The van der Waals surface area contributed by atoms with Crippen molar-refractivity contribution in [1.82, 2.24) is 4.72 Å². The first kappa shape index (κ1) is 18.6. The van der Waals surface area contributed by atoms with Crippen molar-refractivity contribution in [1.29, 1.82) is 0 Å². The Balaban J connectivity index is 1.62. The van der Waals surface area contributed by atoms with Crippen LogP contribution >= 0.6 is 0 Å². The Morgan fingerprint density at radius 1 is 1.04 bits per heavy atom. The maximum Gasteiger partial charge on any atom is 0.255 e. The second-order valence-corrected chi connectivity index (χ2v) is 8.39. The van der Waals surface area contributed by atoms with Crippen molar-refractivity contribution in [2.75, 3.05) is 5.32 Å². The van der Waals surface area contributed by atoms with Crippen LogP contribution < -0.4 is 10.0 Å². The molecule has 0 heterocycles. The number of amides is 1. The normalized spacial score (nSPS) is 14.2. The van der Waals surface area contributed by atoms with Crippen LogP contribution in [0, 0.1) is 0 Å². The summed E-state index contributed by atoms with van der Waals surface area (Å²) in [4.78, 5) is 12.5. The number of hydrogen-bond donors (Lipinski definition) is 2. The van der Waals surface area contributed by atoms with Gasteiger partial charge in [-0.2, -0.15) is 0 Å². The van der Waals surface area contributed by atoms with Crippen molar-refractivity contribution in [2.45, 2.75) is 50.0 Å². The fourth-order valence-electron chi connectivity index (χ4n) is 2.61. The van der Waals surface area contributed by atoms with Crippen LogP contribution in [0.2, 0.25) is 0 Å². The van der Waals surface area contributed by atoms with Gasteiger partial charge in [0, 0.05) is 17.3 Å². The van der Waals surface area contributed by atoms with Gasteiger partial charge < -0.3 is 5.32 Å². The topological polar surface area (TPSA) is 75.3 Å². The first-order valence-electron chi connectivity index (χ1n) is 9.00. The van der Waals surface area contributed by atoms with E-state index in [4.69, 9.17) is 0 Å². The summed E-state index contributed by atoms with van der Waals surface area (Å²) in [6.07, 6.45) is 5.11. The summed E-state index contributed by atoms with van der Waals surface area (Å²) in [6.45, 7) is 2.16. The van der Waals surface area contributed by atoms with Crippen LogP contribution in [0.3, 0.4) is 0 Å². The molecule has 0 radical (unpaired) electrons. The fraction of sp³-hybridized carbons (Fsp3) is 0.350. The van der Waals surface area contributed by atoms with E-state index in [0.29, 0.717) is 5.56 Å². The maximum atomic E-state index is 12.3. The van der Waals surface area contributed by atoms with Crippen molar-refractivity contribution in [3.63, 3.8) is 0 Å². The third-order valence-corrected chi connectivity index (χ3v) is 5.89. The highest BCUT2D eigenvalue weighted by atomic mass is 32.2. The second-order valence-electron chi connectivity index (χ2n) is 6.67. The Hall–Kier alpha value is -2.18. The predicted molar refractivity (Wildman–Crippen MR) is 103 cm³/mol. The van der Waals surface area contributed by atoms with E-state index in [1.165, 1.54) is 29.8 Å². The molecule has 1 fully saturated rings. The Kier molecular flexibility index (Phi) is 5.74. The third-order valence-electron chi connectivity index (χ3n) is 4.36. The molecule has 0 spiro atoms. The molecule has 0 aliphatic heterocycles. The van der Waals surface area contributed by atoms with Gasteiger partial charge in [-0.05, 0) is 67.6 Å². The molecule has 0 aromatic heterocycles. The lowest BCUT2D eigenvalue weighted by Gasteiger charge is -2.08. The molecule has 0 unspecified atom stereocenters. The molecule has 1 amide bonds. The van der Waals surface area contributed by atoms with Crippen molar-refractivity contribution >= 4 is 21.6 Å². The zero-order chi connectivity index (χ0) is 18.6. The maximum absolute atomic E-state index is 12.3. The van der Waals surface area contributed by atoms with Gasteiger partial charge in [-0.15, -0.1) is 0 Å². The van der Waals surface area contributed by atoms with Gasteiger partial charge in [0.05, 0.1) is 4.90 Å². The molecule has 6 heteroatoms. The monoisotopic (exact) mass is 372 g/mol. The fourth-order valence-corrected chi connectivity index (χ4v) is 3.92. The minimum absolute atomic E-state index is 0.0586. The lowest BCUT2D eigenvalue weighted by Crippen LogP contribution is -2.25. The number of nitrogens with one attached hydrogen (secondary N) is 2. The zero-order valence-corrected chi connectivity index (χ0v) is 15.7. The van der Waals surface area contributed by atoms with E-state index in [2.05, 4.69) is 17.0 Å². The molecule has 0 saturated heterocycles. The highest BCUT2D eigenvalue weighted by Crippen LogP contribution is 2.22. The van der Waals surface area contributed by atoms with E-state index in [0.717, 1.165) is 37.8 Å². The van der Waals surface area contributed by atoms with Crippen LogP contribution in [0.5, 0.6) is 0 Å². The average Bonchev–Trinajstić information content (AvgIpc) is 3.44. The minimum atomic E-state index is -3.49. The van der Waals surface area contributed by atoms with Gasteiger partial charge in [0.15, 0.2) is 0 Å². The molecule has 3 rings (SSSR count). The Bertz CT molecular complexity index is 855. The molecular weight excluding hydrogens is 348 g/mol. The van der Waals surface area contributed by atoms with Gasteiger partial charge in [-0.25, -0.2) is 13.1 Å². The van der Waals surface area contributed by atoms with E-state index in [1.807, 2.05) is 24.3 Å². The molecule has 1 saturated carbocycles. The number of carbonyl (C=O) groups is 1. The summed E-state index contributed by atoms with van der Waals surface area (Å²) in [7, 11) is -3.49. The van der Waals surface area contributed by atoms with Gasteiger partial charge in [0.2, 0.25) is 10.0 Å². The molecular formula is C20H24N2O3S. The van der Waals surface area contributed by atoms with Crippen LogP contribution in [0.4, 0.5) is 5.69 Å². The molecule has 2 aromatic carbocycles. The van der Waals surface area contributed by atoms with Gasteiger partial charge in [0.25, 0.3) is 5.91 Å². The smallest absolute Gasteiger partial charge is 0.255 e. The largest absolute Gasteiger partial charge is 0.322 e. The molecule has 2 aromatic rings. The Labute approximate surface area is 154 Å². The summed E-state index contributed by atoms with van der Waals surface area (Å²) < 4.78 is 26.9. The van der Waals surface area contributed by atoms with Crippen molar-refractivity contribution in [3.05, 3.63) is 59.7 Å². The number of rotatable bonds is 8. The summed E-state index contributed by atoms with van der Waals surface area (Å²) in [5, 5.41) is 2.84. The summed E-state index contributed by atoms with van der Waals surface area (Å²) in [5.41, 5.74) is 2.40. The van der Waals surface area contributed by atoms with Crippen LogP contribution in [0.1, 0.15) is 48.5 Å². The molecule has 0 atom stereocenters. The highest BCUT2D eigenvalue weighted by Gasteiger charge is 2.27. The first-order chi connectivity index (χ1) is 12.5. The number of unbranched alkanes of at least 4 members (excludes halogenated alkanes) is 1. The lowest BCUT2D eigenvalue weighted by atomic mass is 10.1. The highest BCUT2D eigenvalue weighted by molar-refractivity contribution is 7.89. The molecule has 2 N–H and O–H groups in total. The molecule has 1 aliphatic rings. The number of hydrogen-bond acceptors (Lipinski definition) is 3. The van der Waals surface area contributed by atoms with Crippen LogP contribution in [0.25, 0.3) is 0 Å². The van der Waals surface area contributed by atoms with Gasteiger partial charge in [-0.3, -0.25) is 4.79 Å². The number of carbonyl (C=O) groups excluding carboxylic acids is 1. The number of aryl methyl sites for hydroxylation is 1. The van der Waals surface area contributed by atoms with Crippen LogP contribution in [-0.2, 0) is 16.4 Å². The van der Waals surface area contributed by atoms with Crippen LogP contribution in [-0.4, -0.2) is 20.4 Å². The van der Waals surface area contributed by atoms with E-state index in [1.54, 1.807) is 0 Å². The Morgan fingerprint density at radius 2 is 1.69 bits per heavy atom. The minimum Gasteiger partial charge on any atom is -0.322 e. The molecule has 0 bridgehead atoms. The van der Waals surface area contributed by atoms with E-state index in [-0.39, 0.29) is 16.8 Å².